The van der Waals surface area contributed by atoms with E-state index in [4.69, 9.17) is 5.11 Å². The zero-order chi connectivity index (χ0) is 13.5. The van der Waals surface area contributed by atoms with E-state index in [1.807, 2.05) is 12.1 Å². The van der Waals surface area contributed by atoms with Gasteiger partial charge in [0.15, 0.2) is 0 Å². The molecule has 0 aliphatic rings. The highest BCUT2D eigenvalue weighted by atomic mass is 16.3. The summed E-state index contributed by atoms with van der Waals surface area (Å²) < 4.78 is 0. The van der Waals surface area contributed by atoms with Gasteiger partial charge < -0.3 is 10.4 Å². The Balaban J connectivity index is 1.71. The van der Waals surface area contributed by atoms with Crippen molar-refractivity contribution in [2.45, 2.75) is 25.8 Å². The normalized spacial score (nSPS) is 12.3. The molecule has 0 fully saturated rings. The van der Waals surface area contributed by atoms with Crippen molar-refractivity contribution >= 4 is 0 Å². The Hall–Kier alpha value is -1.87. The molecule has 0 saturated carbocycles. The highest BCUT2D eigenvalue weighted by Crippen LogP contribution is 2.17. The topological polar surface area (TPSA) is 45.1 Å². The molecule has 0 aliphatic carbocycles. The van der Waals surface area contributed by atoms with Crippen LogP contribution in [-0.2, 0) is 6.54 Å². The number of nitrogens with one attached hydrogen (secondary N) is 1. The zero-order valence-corrected chi connectivity index (χ0v) is 11.2. The van der Waals surface area contributed by atoms with Gasteiger partial charge in [0, 0.05) is 6.54 Å². The number of aromatic hydroxyl groups is 1. The van der Waals surface area contributed by atoms with Gasteiger partial charge in [-0.05, 0) is 36.6 Å². The maximum absolute atomic E-state index is 9.14. The molecule has 1 unspecified atom stereocenters. The van der Waals surface area contributed by atoms with E-state index in [0.717, 1.165) is 25.2 Å². The maximum atomic E-state index is 9.14. The monoisotopic (exact) mass is 256 g/mol. The molecule has 0 spiro atoms. The average Bonchev–Trinajstić information content (AvgIpc) is 2.46. The third kappa shape index (κ3) is 4.38. The van der Waals surface area contributed by atoms with E-state index in [1.54, 1.807) is 6.07 Å². The summed E-state index contributed by atoms with van der Waals surface area (Å²) in [5, 5.41) is 12.5. The minimum atomic E-state index is 0.210. The van der Waals surface area contributed by atoms with Crippen molar-refractivity contribution in [1.29, 1.82) is 0 Å². The molecule has 0 saturated heterocycles. The van der Waals surface area contributed by atoms with E-state index in [9.17, 15) is 0 Å². The molecule has 1 heterocycles. The van der Waals surface area contributed by atoms with Crippen molar-refractivity contribution in [3.05, 3.63) is 59.9 Å². The summed E-state index contributed by atoms with van der Waals surface area (Å²) >= 11 is 0. The van der Waals surface area contributed by atoms with Gasteiger partial charge in [-0.2, -0.15) is 0 Å². The summed E-state index contributed by atoms with van der Waals surface area (Å²) in [5.74, 6) is 0.767. The molecule has 1 atom stereocenters. The lowest BCUT2D eigenvalue weighted by molar-refractivity contribution is 0.471. The molecular weight excluding hydrogens is 236 g/mol. The summed E-state index contributed by atoms with van der Waals surface area (Å²) in [5.41, 5.74) is 2.33. The average molecular weight is 256 g/mol. The Labute approximate surface area is 114 Å². The van der Waals surface area contributed by atoms with Crippen LogP contribution < -0.4 is 5.32 Å². The van der Waals surface area contributed by atoms with Crippen molar-refractivity contribution in [2.75, 3.05) is 6.54 Å². The molecular formula is C16H20N2O. The van der Waals surface area contributed by atoms with Crippen LogP contribution in [0.3, 0.4) is 0 Å². The first-order chi connectivity index (χ1) is 9.25. The van der Waals surface area contributed by atoms with Gasteiger partial charge in [-0.1, -0.05) is 37.3 Å². The quantitative estimate of drug-likeness (QED) is 0.781. The fourth-order valence-electron chi connectivity index (χ4n) is 2.00. The second kappa shape index (κ2) is 6.90. The smallest absolute Gasteiger partial charge is 0.133 e. The lowest BCUT2D eigenvalue weighted by Gasteiger charge is -2.12. The zero-order valence-electron chi connectivity index (χ0n) is 11.2. The SMILES string of the molecule is CC(CCNCc1ccc(O)cn1)c1ccccc1. The van der Waals surface area contributed by atoms with Gasteiger partial charge in [-0.15, -0.1) is 0 Å². The van der Waals surface area contributed by atoms with Gasteiger partial charge in [0.05, 0.1) is 11.9 Å². The molecule has 1 aromatic carbocycles. The summed E-state index contributed by atoms with van der Waals surface area (Å²) in [6.07, 6.45) is 2.58. The lowest BCUT2D eigenvalue weighted by Crippen LogP contribution is -2.17. The van der Waals surface area contributed by atoms with Gasteiger partial charge in [-0.25, -0.2) is 0 Å². The first-order valence-electron chi connectivity index (χ1n) is 6.65. The fourth-order valence-corrected chi connectivity index (χ4v) is 2.00. The Morgan fingerprint density at radius 2 is 1.95 bits per heavy atom. The summed E-state index contributed by atoms with van der Waals surface area (Å²) in [7, 11) is 0. The second-order valence-electron chi connectivity index (χ2n) is 4.78. The Kier molecular flexibility index (Phi) is 4.93. The number of rotatable bonds is 6. The number of hydrogen-bond donors (Lipinski definition) is 2. The first kappa shape index (κ1) is 13.6. The standard InChI is InChI=1S/C16H20N2O/c1-13(14-5-3-2-4-6-14)9-10-17-11-15-7-8-16(19)12-18-15/h2-8,12-13,17,19H,9-11H2,1H3. The molecule has 1 aromatic heterocycles. The van der Waals surface area contributed by atoms with Crippen molar-refractivity contribution in [2.24, 2.45) is 0 Å². The van der Waals surface area contributed by atoms with Crippen LogP contribution in [0, 0.1) is 0 Å². The Morgan fingerprint density at radius 3 is 2.63 bits per heavy atom. The van der Waals surface area contributed by atoms with Crippen LogP contribution >= 0.6 is 0 Å². The van der Waals surface area contributed by atoms with Gasteiger partial charge in [0.1, 0.15) is 5.75 Å². The number of pyridine rings is 1. The van der Waals surface area contributed by atoms with Crippen LogP contribution in [0.5, 0.6) is 5.75 Å². The van der Waals surface area contributed by atoms with Crippen LogP contribution in [-0.4, -0.2) is 16.6 Å². The molecule has 0 radical (unpaired) electrons. The molecule has 2 rings (SSSR count). The summed E-state index contributed by atoms with van der Waals surface area (Å²) in [4.78, 5) is 4.14. The fraction of sp³-hybridized carbons (Fsp3) is 0.312. The summed E-state index contributed by atoms with van der Waals surface area (Å²) in [6.45, 7) is 3.94. The van der Waals surface area contributed by atoms with Crippen LogP contribution in [0.1, 0.15) is 30.5 Å². The predicted molar refractivity (Wildman–Crippen MR) is 77.1 cm³/mol. The highest BCUT2D eigenvalue weighted by molar-refractivity contribution is 5.19. The first-order valence-corrected chi connectivity index (χ1v) is 6.65. The van der Waals surface area contributed by atoms with E-state index in [2.05, 4.69) is 41.5 Å². The third-order valence-corrected chi connectivity index (χ3v) is 3.24. The number of hydrogen-bond acceptors (Lipinski definition) is 3. The second-order valence-corrected chi connectivity index (χ2v) is 4.78. The van der Waals surface area contributed by atoms with Crippen molar-refractivity contribution in [1.82, 2.24) is 10.3 Å². The van der Waals surface area contributed by atoms with Gasteiger partial charge >= 0.3 is 0 Å². The van der Waals surface area contributed by atoms with Gasteiger partial charge in [0.2, 0.25) is 0 Å². The van der Waals surface area contributed by atoms with E-state index in [0.29, 0.717) is 5.92 Å². The molecule has 100 valence electrons. The number of aromatic nitrogens is 1. The summed E-state index contributed by atoms with van der Waals surface area (Å²) in [6, 6.07) is 14.1. The van der Waals surface area contributed by atoms with Crippen LogP contribution in [0.25, 0.3) is 0 Å². The molecule has 2 N–H and O–H groups in total. The van der Waals surface area contributed by atoms with Crippen molar-refractivity contribution in [3.8, 4) is 5.75 Å². The third-order valence-electron chi connectivity index (χ3n) is 3.24. The van der Waals surface area contributed by atoms with Gasteiger partial charge in [-0.3, -0.25) is 4.98 Å². The molecule has 0 bridgehead atoms. The van der Waals surface area contributed by atoms with Crippen LogP contribution in [0.2, 0.25) is 0 Å². The molecule has 19 heavy (non-hydrogen) atoms. The minimum absolute atomic E-state index is 0.210. The van der Waals surface area contributed by atoms with Gasteiger partial charge in [0.25, 0.3) is 0 Å². The largest absolute Gasteiger partial charge is 0.506 e. The molecule has 3 heteroatoms. The number of benzene rings is 1. The molecule has 0 aliphatic heterocycles. The highest BCUT2D eigenvalue weighted by Gasteiger charge is 2.04. The number of nitrogens with zero attached hydrogens (tertiary/aromatic N) is 1. The van der Waals surface area contributed by atoms with E-state index < -0.39 is 0 Å². The Morgan fingerprint density at radius 1 is 1.16 bits per heavy atom. The van der Waals surface area contributed by atoms with E-state index in [-0.39, 0.29) is 5.75 Å². The molecule has 2 aromatic rings. The Bertz CT molecular complexity index is 482. The van der Waals surface area contributed by atoms with Crippen molar-refractivity contribution in [3.63, 3.8) is 0 Å². The lowest BCUT2D eigenvalue weighted by atomic mass is 9.98. The van der Waals surface area contributed by atoms with Crippen LogP contribution in [0.4, 0.5) is 0 Å². The molecule has 0 amide bonds. The van der Waals surface area contributed by atoms with Crippen molar-refractivity contribution < 1.29 is 5.11 Å². The molecule has 3 nitrogen and oxygen atoms in total. The van der Waals surface area contributed by atoms with Crippen LogP contribution in [0.15, 0.2) is 48.7 Å². The van der Waals surface area contributed by atoms with E-state index in [1.165, 1.54) is 11.8 Å². The maximum Gasteiger partial charge on any atom is 0.133 e. The predicted octanol–water partition coefficient (Wildman–Crippen LogP) is 3.07. The minimum Gasteiger partial charge on any atom is -0.506 e. The van der Waals surface area contributed by atoms with E-state index >= 15 is 0 Å².